The second-order valence-electron chi connectivity index (χ2n) is 6.91. The van der Waals surface area contributed by atoms with Crippen molar-refractivity contribution < 1.29 is 13.2 Å². The average Bonchev–Trinajstić information content (AvgIpc) is 2.70. The van der Waals surface area contributed by atoms with Crippen molar-refractivity contribution in [3.8, 4) is 0 Å². The summed E-state index contributed by atoms with van der Waals surface area (Å²) in [5.41, 5.74) is 4.25. The van der Waals surface area contributed by atoms with Gasteiger partial charge in [-0.25, -0.2) is 8.42 Å². The van der Waals surface area contributed by atoms with E-state index in [0.29, 0.717) is 11.3 Å². The average molecular weight is 409 g/mol. The molecule has 1 amide bonds. The number of carbonyl (C=O) groups is 1. The van der Waals surface area contributed by atoms with E-state index in [1.54, 1.807) is 49.4 Å². The number of hydrogen-bond donors (Lipinski definition) is 2. The van der Waals surface area contributed by atoms with Crippen LogP contribution in [0.4, 0.5) is 11.4 Å². The molecule has 6 heteroatoms. The highest BCUT2D eigenvalue weighted by Gasteiger charge is 2.17. The zero-order valence-corrected chi connectivity index (χ0v) is 17.5. The number of rotatable bonds is 6. The van der Waals surface area contributed by atoms with Crippen molar-refractivity contribution in [3.63, 3.8) is 0 Å². The summed E-state index contributed by atoms with van der Waals surface area (Å²) < 4.78 is 28.0. The Kier molecular flexibility index (Phi) is 6.03. The molecule has 3 aromatic rings. The van der Waals surface area contributed by atoms with Crippen LogP contribution in [0.5, 0.6) is 0 Å². The van der Waals surface area contributed by atoms with Crippen LogP contribution in [0.2, 0.25) is 0 Å². The van der Waals surface area contributed by atoms with Crippen molar-refractivity contribution in [2.24, 2.45) is 0 Å². The normalized spacial score (nSPS) is 11.1. The lowest BCUT2D eigenvalue weighted by Crippen LogP contribution is -2.16. The summed E-state index contributed by atoms with van der Waals surface area (Å²) in [6, 6.07) is 19.2. The van der Waals surface area contributed by atoms with E-state index in [0.717, 1.165) is 28.8 Å². The van der Waals surface area contributed by atoms with Gasteiger partial charge in [0.1, 0.15) is 0 Å². The molecule has 0 heterocycles. The molecule has 0 fully saturated rings. The smallest absolute Gasteiger partial charge is 0.261 e. The Morgan fingerprint density at radius 3 is 2.28 bits per heavy atom. The van der Waals surface area contributed by atoms with Gasteiger partial charge in [-0.3, -0.25) is 9.52 Å². The lowest BCUT2D eigenvalue weighted by Gasteiger charge is -2.13. The maximum atomic E-state index is 12.7. The van der Waals surface area contributed by atoms with Crippen LogP contribution < -0.4 is 10.0 Å². The molecule has 0 aliphatic rings. The monoisotopic (exact) mass is 408 g/mol. The Labute approximate surface area is 171 Å². The Balaban J connectivity index is 1.86. The van der Waals surface area contributed by atoms with Gasteiger partial charge in [0, 0.05) is 11.3 Å². The third-order valence-corrected chi connectivity index (χ3v) is 6.10. The predicted octanol–water partition coefficient (Wildman–Crippen LogP) is 4.92. The van der Waals surface area contributed by atoms with Crippen molar-refractivity contribution in [1.82, 2.24) is 0 Å². The van der Waals surface area contributed by atoms with E-state index in [2.05, 4.69) is 10.0 Å². The first-order chi connectivity index (χ1) is 13.8. The van der Waals surface area contributed by atoms with Crippen molar-refractivity contribution >= 4 is 27.3 Å². The number of benzene rings is 3. The summed E-state index contributed by atoms with van der Waals surface area (Å²) in [7, 11) is -3.75. The van der Waals surface area contributed by atoms with Crippen LogP contribution in [-0.4, -0.2) is 14.3 Å². The zero-order valence-electron chi connectivity index (χ0n) is 16.7. The summed E-state index contributed by atoms with van der Waals surface area (Å²) in [4.78, 5) is 12.9. The molecule has 0 atom stereocenters. The molecule has 150 valence electrons. The Morgan fingerprint density at radius 2 is 1.59 bits per heavy atom. The zero-order chi connectivity index (χ0) is 21.0. The second kappa shape index (κ2) is 8.49. The summed E-state index contributed by atoms with van der Waals surface area (Å²) in [6.45, 7) is 5.71. The van der Waals surface area contributed by atoms with Crippen LogP contribution in [0.15, 0.2) is 71.6 Å². The molecule has 29 heavy (non-hydrogen) atoms. The SMILES string of the molecule is CCc1ccccc1NC(=O)c1ccc(C)c(NS(=O)(=O)c2ccc(C)cc2)c1. The fourth-order valence-electron chi connectivity index (χ4n) is 2.94. The van der Waals surface area contributed by atoms with Gasteiger partial charge < -0.3 is 5.32 Å². The molecule has 0 spiro atoms. The summed E-state index contributed by atoms with van der Waals surface area (Å²) in [5.74, 6) is -0.290. The molecule has 0 aromatic heterocycles. The molecular formula is C23H24N2O3S. The molecule has 5 nitrogen and oxygen atoms in total. The predicted molar refractivity (Wildman–Crippen MR) is 117 cm³/mol. The maximum absolute atomic E-state index is 12.7. The van der Waals surface area contributed by atoms with E-state index in [-0.39, 0.29) is 10.8 Å². The topological polar surface area (TPSA) is 75.3 Å². The van der Waals surface area contributed by atoms with Gasteiger partial charge in [-0.15, -0.1) is 0 Å². The lowest BCUT2D eigenvalue weighted by molar-refractivity contribution is 0.102. The van der Waals surface area contributed by atoms with E-state index >= 15 is 0 Å². The van der Waals surface area contributed by atoms with Crippen molar-refractivity contribution in [2.45, 2.75) is 32.1 Å². The van der Waals surface area contributed by atoms with Gasteiger partial charge in [0.25, 0.3) is 15.9 Å². The van der Waals surface area contributed by atoms with Crippen LogP contribution >= 0.6 is 0 Å². The number of amides is 1. The summed E-state index contributed by atoms with van der Waals surface area (Å²) in [5, 5.41) is 2.91. The molecule has 0 saturated heterocycles. The number of hydrogen-bond acceptors (Lipinski definition) is 3. The third kappa shape index (κ3) is 4.84. The van der Waals surface area contributed by atoms with E-state index in [4.69, 9.17) is 0 Å². The Morgan fingerprint density at radius 1 is 0.897 bits per heavy atom. The molecule has 0 bridgehead atoms. The first-order valence-corrected chi connectivity index (χ1v) is 10.9. The van der Waals surface area contributed by atoms with Crippen LogP contribution in [0, 0.1) is 13.8 Å². The van der Waals surface area contributed by atoms with Crippen LogP contribution in [-0.2, 0) is 16.4 Å². The van der Waals surface area contributed by atoms with E-state index in [1.165, 1.54) is 0 Å². The van der Waals surface area contributed by atoms with E-state index in [9.17, 15) is 13.2 Å². The van der Waals surface area contributed by atoms with Crippen molar-refractivity contribution in [2.75, 3.05) is 10.0 Å². The first kappa shape index (κ1) is 20.6. The van der Waals surface area contributed by atoms with Gasteiger partial charge in [0.2, 0.25) is 0 Å². The maximum Gasteiger partial charge on any atom is 0.261 e. The van der Waals surface area contributed by atoms with E-state index in [1.807, 2.05) is 38.1 Å². The highest BCUT2D eigenvalue weighted by atomic mass is 32.2. The van der Waals surface area contributed by atoms with Crippen LogP contribution in [0.3, 0.4) is 0 Å². The summed E-state index contributed by atoms with van der Waals surface area (Å²) >= 11 is 0. The molecule has 0 saturated carbocycles. The highest BCUT2D eigenvalue weighted by molar-refractivity contribution is 7.92. The van der Waals surface area contributed by atoms with Gasteiger partial charge in [0.15, 0.2) is 0 Å². The molecule has 0 unspecified atom stereocenters. The number of carbonyl (C=O) groups excluding carboxylic acids is 1. The number of anilines is 2. The largest absolute Gasteiger partial charge is 0.322 e. The molecular weight excluding hydrogens is 384 g/mol. The number of nitrogens with one attached hydrogen (secondary N) is 2. The van der Waals surface area contributed by atoms with Gasteiger partial charge in [-0.1, -0.05) is 48.9 Å². The Bertz CT molecular complexity index is 1140. The fourth-order valence-corrected chi connectivity index (χ4v) is 4.06. The molecule has 0 aliphatic heterocycles. The minimum absolute atomic E-state index is 0.175. The van der Waals surface area contributed by atoms with Gasteiger partial charge in [0.05, 0.1) is 10.6 Å². The summed E-state index contributed by atoms with van der Waals surface area (Å²) in [6.07, 6.45) is 0.798. The highest BCUT2D eigenvalue weighted by Crippen LogP contribution is 2.23. The van der Waals surface area contributed by atoms with Gasteiger partial charge >= 0.3 is 0 Å². The van der Waals surface area contributed by atoms with Crippen molar-refractivity contribution in [1.29, 1.82) is 0 Å². The lowest BCUT2D eigenvalue weighted by atomic mass is 10.1. The molecule has 0 aliphatic carbocycles. The minimum Gasteiger partial charge on any atom is -0.322 e. The van der Waals surface area contributed by atoms with E-state index < -0.39 is 10.0 Å². The quantitative estimate of drug-likeness (QED) is 0.608. The molecule has 2 N–H and O–H groups in total. The number of aryl methyl sites for hydroxylation is 3. The molecule has 3 rings (SSSR count). The van der Waals surface area contributed by atoms with Crippen molar-refractivity contribution in [3.05, 3.63) is 89.0 Å². The first-order valence-electron chi connectivity index (χ1n) is 9.39. The molecule has 3 aromatic carbocycles. The number of sulfonamides is 1. The van der Waals surface area contributed by atoms with Crippen LogP contribution in [0.25, 0.3) is 0 Å². The van der Waals surface area contributed by atoms with Crippen LogP contribution in [0.1, 0.15) is 34.0 Å². The number of para-hydroxylation sites is 1. The minimum atomic E-state index is -3.75. The second-order valence-corrected chi connectivity index (χ2v) is 8.60. The fraction of sp³-hybridized carbons (Fsp3) is 0.174. The van der Waals surface area contributed by atoms with Gasteiger partial charge in [-0.2, -0.15) is 0 Å². The molecule has 0 radical (unpaired) electrons. The third-order valence-electron chi connectivity index (χ3n) is 4.72. The standard InChI is InChI=1S/C23H24N2O3S/c1-4-18-7-5-6-8-21(18)24-23(26)19-12-11-17(3)22(15-19)25-29(27,28)20-13-9-16(2)10-14-20/h5-15,25H,4H2,1-3H3,(H,24,26). The van der Waals surface area contributed by atoms with Gasteiger partial charge in [-0.05, 0) is 61.7 Å². The Hall–Kier alpha value is -3.12.